The molecule has 20 heavy (non-hydrogen) atoms. The van der Waals surface area contributed by atoms with E-state index >= 15 is 0 Å². The molecule has 118 valence electrons. The van der Waals surface area contributed by atoms with E-state index in [0.29, 0.717) is 0 Å². The van der Waals surface area contributed by atoms with Crippen molar-refractivity contribution in [3.8, 4) is 0 Å². The maximum Gasteiger partial charge on any atom is 0.310 e. The Hall–Kier alpha value is 0.680. The lowest BCUT2D eigenvalue weighted by Crippen LogP contribution is -2.52. The van der Waals surface area contributed by atoms with Crippen LogP contribution in [0.15, 0.2) is 0 Å². The zero-order valence-corrected chi connectivity index (χ0v) is 14.9. The lowest BCUT2D eigenvalue weighted by atomic mass is 9.62. The highest BCUT2D eigenvalue weighted by molar-refractivity contribution is 6.68. The topological polar surface area (TPSA) is 74.6 Å². The van der Waals surface area contributed by atoms with Gasteiger partial charge in [-0.2, -0.15) is 0 Å². The van der Waals surface area contributed by atoms with Crippen LogP contribution < -0.4 is 0 Å². The van der Waals surface area contributed by atoms with Crippen LogP contribution in [-0.4, -0.2) is 29.7 Å². The van der Waals surface area contributed by atoms with Crippen molar-refractivity contribution in [1.29, 1.82) is 0 Å². The summed E-state index contributed by atoms with van der Waals surface area (Å²) in [4.78, 5) is 23.1. The Bertz CT molecular complexity index is 364. The molecule has 0 aromatic heterocycles. The summed E-state index contributed by atoms with van der Waals surface area (Å²) in [5, 5.41) is 18.8. The van der Waals surface area contributed by atoms with Crippen molar-refractivity contribution in [1.82, 2.24) is 0 Å². The van der Waals surface area contributed by atoms with Crippen LogP contribution in [0.2, 0.25) is 0 Å². The van der Waals surface area contributed by atoms with E-state index in [4.69, 9.17) is 69.6 Å². The van der Waals surface area contributed by atoms with Gasteiger partial charge in [0.2, 0.25) is 0 Å². The van der Waals surface area contributed by atoms with E-state index in [1.54, 1.807) is 0 Å². The molecule has 0 bridgehead atoms. The van der Waals surface area contributed by atoms with Gasteiger partial charge in [0.05, 0.1) is 10.8 Å². The normalized spacial score (nSPS) is 19.0. The van der Waals surface area contributed by atoms with E-state index in [0.717, 1.165) is 13.8 Å². The van der Waals surface area contributed by atoms with Crippen LogP contribution >= 0.6 is 69.6 Å². The van der Waals surface area contributed by atoms with E-state index in [2.05, 4.69) is 0 Å². The summed E-state index contributed by atoms with van der Waals surface area (Å²) >= 11 is 33.7. The van der Waals surface area contributed by atoms with E-state index in [9.17, 15) is 19.8 Å². The number of rotatable bonds is 5. The summed E-state index contributed by atoms with van der Waals surface area (Å²) in [7, 11) is 0. The molecule has 0 aromatic carbocycles. The first-order valence-corrected chi connectivity index (χ1v) is 7.42. The number of carboxylic acid groups (broad SMARTS) is 2. The van der Waals surface area contributed by atoms with Crippen LogP contribution in [0, 0.1) is 10.8 Å². The average Bonchev–Trinajstić information content (AvgIpc) is 2.10. The van der Waals surface area contributed by atoms with E-state index < -0.39 is 43.2 Å². The Balaban J connectivity index is 5.94. The molecule has 0 aliphatic heterocycles. The van der Waals surface area contributed by atoms with Gasteiger partial charge in [-0.15, -0.1) is 0 Å². The van der Waals surface area contributed by atoms with Crippen LogP contribution in [0.1, 0.15) is 26.7 Å². The highest BCUT2D eigenvalue weighted by Gasteiger charge is 2.60. The fourth-order valence-corrected chi connectivity index (χ4v) is 3.42. The van der Waals surface area contributed by atoms with Gasteiger partial charge in [-0.25, -0.2) is 0 Å². The first kappa shape index (κ1) is 20.7. The molecule has 0 radical (unpaired) electrons. The quantitative estimate of drug-likeness (QED) is 0.647. The molecule has 2 N–H and O–H groups in total. The molecular weight excluding hydrogens is 397 g/mol. The highest BCUT2D eigenvalue weighted by Crippen LogP contribution is 2.54. The Morgan fingerprint density at radius 3 is 1.05 bits per heavy atom. The molecule has 10 heteroatoms. The third-order valence-electron chi connectivity index (χ3n) is 3.27. The van der Waals surface area contributed by atoms with Gasteiger partial charge in [0.15, 0.2) is 7.59 Å². The molecule has 0 aromatic rings. The Kier molecular flexibility index (Phi) is 6.65. The summed E-state index contributed by atoms with van der Waals surface area (Å²) in [6.07, 6.45) is -1.13. The predicted octanol–water partition coefficient (Wildman–Crippen LogP) is 4.69. The van der Waals surface area contributed by atoms with E-state index in [1.807, 2.05) is 0 Å². The van der Waals surface area contributed by atoms with Gasteiger partial charge in [-0.1, -0.05) is 69.6 Å². The SMILES string of the molecule is CC(CC(Cl)(Cl)Cl)(C(=O)O)C(C)(CC(Cl)(Cl)Cl)C(=O)O. The first-order chi connectivity index (χ1) is 8.55. The maximum atomic E-state index is 11.6. The van der Waals surface area contributed by atoms with Crippen molar-refractivity contribution in [3.05, 3.63) is 0 Å². The standard InChI is InChI=1S/C10H12Cl6O4/c1-7(5(17)18,3-9(11,12)13)8(2,6(19)20)4-10(14,15)16/h3-4H2,1-2H3,(H,17,18)(H,19,20). The Labute approximate surface area is 146 Å². The first-order valence-electron chi connectivity index (χ1n) is 5.15. The zero-order valence-electron chi connectivity index (χ0n) is 10.4. The van der Waals surface area contributed by atoms with Crippen molar-refractivity contribution in [2.75, 3.05) is 0 Å². The van der Waals surface area contributed by atoms with Crippen LogP contribution in [0.3, 0.4) is 0 Å². The number of hydrogen-bond donors (Lipinski definition) is 2. The molecule has 2 atom stereocenters. The van der Waals surface area contributed by atoms with Gasteiger partial charge in [-0.05, 0) is 13.8 Å². The number of carboxylic acids is 2. The van der Waals surface area contributed by atoms with Crippen LogP contribution in [0.5, 0.6) is 0 Å². The van der Waals surface area contributed by atoms with Crippen molar-refractivity contribution < 1.29 is 19.8 Å². The van der Waals surface area contributed by atoms with Crippen molar-refractivity contribution in [2.45, 2.75) is 34.3 Å². The van der Waals surface area contributed by atoms with Gasteiger partial charge in [0.1, 0.15) is 0 Å². The van der Waals surface area contributed by atoms with Gasteiger partial charge in [0, 0.05) is 12.8 Å². The maximum absolute atomic E-state index is 11.6. The van der Waals surface area contributed by atoms with Gasteiger partial charge < -0.3 is 10.2 Å². The minimum Gasteiger partial charge on any atom is -0.481 e. The molecule has 0 saturated heterocycles. The second-order valence-corrected chi connectivity index (χ2v) is 9.89. The molecular formula is C10H12Cl6O4. The molecule has 0 aliphatic carbocycles. The number of hydrogen-bond acceptors (Lipinski definition) is 2. The fraction of sp³-hybridized carbons (Fsp3) is 0.800. The van der Waals surface area contributed by atoms with E-state index in [1.165, 1.54) is 0 Å². The summed E-state index contributed by atoms with van der Waals surface area (Å²) < 4.78 is -3.95. The number of halogens is 6. The summed E-state index contributed by atoms with van der Waals surface area (Å²) in [6, 6.07) is 0. The monoisotopic (exact) mass is 406 g/mol. The molecule has 0 rings (SSSR count). The summed E-state index contributed by atoms with van der Waals surface area (Å²) in [6.45, 7) is 2.28. The lowest BCUT2D eigenvalue weighted by molar-refractivity contribution is -0.172. The van der Waals surface area contributed by atoms with Gasteiger partial charge in [-0.3, -0.25) is 9.59 Å². The second-order valence-electron chi connectivity index (χ2n) is 4.86. The van der Waals surface area contributed by atoms with Crippen molar-refractivity contribution >= 4 is 81.5 Å². The average molecular weight is 409 g/mol. The third kappa shape index (κ3) is 5.15. The minimum absolute atomic E-state index is 0.566. The number of aliphatic carboxylic acids is 2. The molecule has 0 spiro atoms. The Morgan fingerprint density at radius 2 is 0.950 bits per heavy atom. The van der Waals surface area contributed by atoms with Crippen LogP contribution in [-0.2, 0) is 9.59 Å². The van der Waals surface area contributed by atoms with Crippen LogP contribution in [0.25, 0.3) is 0 Å². The highest BCUT2D eigenvalue weighted by atomic mass is 35.6. The molecule has 4 nitrogen and oxygen atoms in total. The Morgan fingerprint density at radius 1 is 0.750 bits per heavy atom. The van der Waals surface area contributed by atoms with Crippen molar-refractivity contribution in [3.63, 3.8) is 0 Å². The predicted molar refractivity (Wildman–Crippen MR) is 81.3 cm³/mol. The molecule has 0 amide bonds. The molecule has 0 saturated carbocycles. The molecule has 0 fully saturated rings. The second kappa shape index (κ2) is 6.43. The lowest BCUT2D eigenvalue weighted by Gasteiger charge is -2.43. The number of carbonyl (C=O) groups is 2. The zero-order chi connectivity index (χ0) is 16.6. The van der Waals surface area contributed by atoms with Gasteiger partial charge in [0.25, 0.3) is 0 Å². The molecule has 0 aliphatic rings. The fourth-order valence-electron chi connectivity index (χ4n) is 1.82. The van der Waals surface area contributed by atoms with Crippen LogP contribution in [0.4, 0.5) is 0 Å². The molecule has 2 unspecified atom stereocenters. The summed E-state index contributed by atoms with van der Waals surface area (Å²) in [5.74, 6) is -2.94. The summed E-state index contributed by atoms with van der Waals surface area (Å²) in [5.41, 5.74) is -3.93. The number of alkyl halides is 6. The third-order valence-corrected chi connectivity index (χ3v) is 4.07. The largest absolute Gasteiger partial charge is 0.481 e. The smallest absolute Gasteiger partial charge is 0.310 e. The van der Waals surface area contributed by atoms with E-state index in [-0.39, 0.29) is 0 Å². The molecule has 0 heterocycles. The van der Waals surface area contributed by atoms with Crippen molar-refractivity contribution in [2.24, 2.45) is 10.8 Å². The van der Waals surface area contributed by atoms with Gasteiger partial charge >= 0.3 is 11.9 Å². The minimum atomic E-state index is -1.97.